The van der Waals surface area contributed by atoms with Crippen LogP contribution in [0.2, 0.25) is 0 Å². The van der Waals surface area contributed by atoms with Gasteiger partial charge in [-0.3, -0.25) is 9.36 Å². The van der Waals surface area contributed by atoms with Gasteiger partial charge in [0.15, 0.2) is 0 Å². The van der Waals surface area contributed by atoms with Crippen LogP contribution < -0.4 is 0 Å². The first kappa shape index (κ1) is 12.0. The van der Waals surface area contributed by atoms with Crippen molar-refractivity contribution in [2.24, 2.45) is 0 Å². The van der Waals surface area contributed by atoms with E-state index in [9.17, 15) is 9.59 Å². The minimum atomic E-state index is -0.390. The third-order valence-electron chi connectivity index (χ3n) is 2.38. The molecule has 0 aliphatic carbocycles. The van der Waals surface area contributed by atoms with Gasteiger partial charge in [0.2, 0.25) is 0 Å². The molecule has 0 aliphatic rings. The molecule has 0 radical (unpaired) electrons. The molecule has 0 saturated heterocycles. The van der Waals surface area contributed by atoms with E-state index in [4.69, 9.17) is 4.74 Å². The lowest BCUT2D eigenvalue weighted by Crippen LogP contribution is -2.10. The van der Waals surface area contributed by atoms with E-state index in [1.54, 1.807) is 37.4 Å². The van der Waals surface area contributed by atoms with Crippen LogP contribution in [0.15, 0.2) is 43.0 Å². The summed E-state index contributed by atoms with van der Waals surface area (Å²) in [5.41, 5.74) is 0.917. The van der Waals surface area contributed by atoms with Crippen molar-refractivity contribution >= 4 is 11.9 Å². The molecule has 0 atom stereocenters. The number of hydrogen-bond acceptors (Lipinski definition) is 4. The number of benzene rings is 1. The number of ether oxygens (including phenoxy) is 1. The Bertz CT molecular complexity index is 544. The minimum Gasteiger partial charge on any atom is -0.462 e. The maximum atomic E-state index is 11.9. The summed E-state index contributed by atoms with van der Waals surface area (Å²) in [6.45, 7) is 2.07. The molecule has 0 fully saturated rings. The summed E-state index contributed by atoms with van der Waals surface area (Å²) in [5.74, 6) is -0.581. The number of imidazole rings is 1. The number of esters is 1. The number of rotatable bonds is 3. The average molecular weight is 244 g/mol. The number of nitrogens with zero attached hydrogens (tertiary/aromatic N) is 2. The Morgan fingerprint density at radius 1 is 1.22 bits per heavy atom. The monoisotopic (exact) mass is 244 g/mol. The molecule has 0 N–H and O–H groups in total. The molecule has 2 rings (SSSR count). The van der Waals surface area contributed by atoms with Crippen LogP contribution in [0.25, 0.3) is 0 Å². The Hall–Kier alpha value is -2.43. The van der Waals surface area contributed by atoms with Crippen molar-refractivity contribution in [1.29, 1.82) is 0 Å². The van der Waals surface area contributed by atoms with Gasteiger partial charge in [0, 0.05) is 18.0 Å². The van der Waals surface area contributed by atoms with Gasteiger partial charge in [-0.25, -0.2) is 9.78 Å². The molecule has 0 saturated carbocycles. The molecule has 0 unspecified atom stereocenters. The summed E-state index contributed by atoms with van der Waals surface area (Å²) < 4.78 is 6.24. The van der Waals surface area contributed by atoms with Gasteiger partial charge in [0.1, 0.15) is 6.33 Å². The summed E-state index contributed by atoms with van der Waals surface area (Å²) in [6.07, 6.45) is 4.54. The molecule has 2 aromatic rings. The van der Waals surface area contributed by atoms with Gasteiger partial charge in [-0.1, -0.05) is 0 Å². The SMILES string of the molecule is CCOC(=O)c1ccc(C(=O)n2ccnc2)cc1. The number of carbonyl (C=O) groups is 2. The highest BCUT2D eigenvalue weighted by Gasteiger charge is 2.10. The van der Waals surface area contributed by atoms with Crippen LogP contribution in [0.1, 0.15) is 27.6 Å². The van der Waals surface area contributed by atoms with Gasteiger partial charge in [-0.2, -0.15) is 0 Å². The zero-order valence-corrected chi connectivity index (χ0v) is 9.87. The summed E-state index contributed by atoms with van der Waals surface area (Å²) in [4.78, 5) is 27.2. The van der Waals surface area contributed by atoms with Crippen LogP contribution in [0.4, 0.5) is 0 Å². The van der Waals surface area contributed by atoms with Gasteiger partial charge in [-0.15, -0.1) is 0 Å². The van der Waals surface area contributed by atoms with Gasteiger partial charge >= 0.3 is 5.97 Å². The van der Waals surface area contributed by atoms with Crippen LogP contribution in [-0.4, -0.2) is 28.0 Å². The highest BCUT2D eigenvalue weighted by atomic mass is 16.5. The lowest BCUT2D eigenvalue weighted by Gasteiger charge is -2.03. The maximum absolute atomic E-state index is 11.9. The Kier molecular flexibility index (Phi) is 3.52. The van der Waals surface area contributed by atoms with Crippen LogP contribution in [0, 0.1) is 0 Å². The lowest BCUT2D eigenvalue weighted by atomic mass is 10.1. The predicted octanol–water partition coefficient (Wildman–Crippen LogP) is 1.75. The van der Waals surface area contributed by atoms with Crippen molar-refractivity contribution in [1.82, 2.24) is 9.55 Å². The molecule has 1 aromatic heterocycles. The zero-order valence-electron chi connectivity index (χ0n) is 9.87. The molecule has 0 spiro atoms. The molecule has 0 bridgehead atoms. The van der Waals surface area contributed by atoms with Crippen molar-refractivity contribution in [2.45, 2.75) is 6.92 Å². The van der Waals surface area contributed by atoms with Crippen molar-refractivity contribution < 1.29 is 14.3 Å². The van der Waals surface area contributed by atoms with Gasteiger partial charge in [-0.05, 0) is 31.2 Å². The lowest BCUT2D eigenvalue weighted by molar-refractivity contribution is 0.0526. The van der Waals surface area contributed by atoms with E-state index < -0.39 is 0 Å². The highest BCUT2D eigenvalue weighted by molar-refractivity contribution is 5.97. The van der Waals surface area contributed by atoms with Crippen LogP contribution in [0.3, 0.4) is 0 Å². The molecule has 0 amide bonds. The van der Waals surface area contributed by atoms with E-state index in [-0.39, 0.29) is 11.9 Å². The fraction of sp³-hybridized carbons (Fsp3) is 0.154. The standard InChI is InChI=1S/C13H12N2O3/c1-2-18-13(17)11-5-3-10(4-6-11)12(16)15-8-7-14-9-15/h3-9H,2H2,1H3. The quantitative estimate of drug-likeness (QED) is 0.772. The highest BCUT2D eigenvalue weighted by Crippen LogP contribution is 2.08. The van der Waals surface area contributed by atoms with Crippen molar-refractivity contribution in [3.63, 3.8) is 0 Å². The molecular formula is C13H12N2O3. The second-order valence-corrected chi connectivity index (χ2v) is 3.57. The summed E-state index contributed by atoms with van der Waals surface area (Å²) in [5, 5.41) is 0. The van der Waals surface area contributed by atoms with Gasteiger partial charge in [0.05, 0.1) is 12.2 Å². The summed E-state index contributed by atoms with van der Waals surface area (Å²) in [6, 6.07) is 6.33. The smallest absolute Gasteiger partial charge is 0.338 e. The van der Waals surface area contributed by atoms with Crippen LogP contribution in [0.5, 0.6) is 0 Å². The largest absolute Gasteiger partial charge is 0.462 e. The van der Waals surface area contributed by atoms with Gasteiger partial charge in [0.25, 0.3) is 5.91 Å². The topological polar surface area (TPSA) is 61.2 Å². The third-order valence-corrected chi connectivity index (χ3v) is 2.38. The van der Waals surface area contributed by atoms with Crippen LogP contribution in [-0.2, 0) is 4.74 Å². The summed E-state index contributed by atoms with van der Waals surface area (Å²) >= 11 is 0. The Morgan fingerprint density at radius 2 is 1.89 bits per heavy atom. The van der Waals surface area contributed by atoms with Crippen LogP contribution >= 0.6 is 0 Å². The van der Waals surface area contributed by atoms with Crippen molar-refractivity contribution in [3.8, 4) is 0 Å². The first-order valence-electron chi connectivity index (χ1n) is 5.52. The zero-order chi connectivity index (χ0) is 13.0. The molecular weight excluding hydrogens is 232 g/mol. The van der Waals surface area contributed by atoms with E-state index in [1.807, 2.05) is 0 Å². The Balaban J connectivity index is 2.18. The number of hydrogen-bond donors (Lipinski definition) is 0. The fourth-order valence-corrected chi connectivity index (χ4v) is 1.49. The first-order valence-corrected chi connectivity index (χ1v) is 5.52. The van der Waals surface area contributed by atoms with E-state index in [1.165, 1.54) is 17.1 Å². The number of aromatic nitrogens is 2. The number of carbonyl (C=O) groups excluding carboxylic acids is 2. The summed E-state index contributed by atoms with van der Waals surface area (Å²) in [7, 11) is 0. The molecule has 18 heavy (non-hydrogen) atoms. The van der Waals surface area contributed by atoms with E-state index in [2.05, 4.69) is 4.98 Å². The second kappa shape index (κ2) is 5.27. The van der Waals surface area contributed by atoms with Crippen molar-refractivity contribution in [2.75, 3.05) is 6.61 Å². The van der Waals surface area contributed by atoms with Gasteiger partial charge < -0.3 is 4.74 Å². The van der Waals surface area contributed by atoms with E-state index in [0.717, 1.165) is 0 Å². The van der Waals surface area contributed by atoms with E-state index in [0.29, 0.717) is 17.7 Å². The normalized spacial score (nSPS) is 10.1. The van der Waals surface area contributed by atoms with Crippen molar-refractivity contribution in [3.05, 3.63) is 54.1 Å². The predicted molar refractivity (Wildman–Crippen MR) is 64.4 cm³/mol. The molecule has 92 valence electrons. The Labute approximate surface area is 104 Å². The van der Waals surface area contributed by atoms with E-state index >= 15 is 0 Å². The molecule has 1 aromatic carbocycles. The Morgan fingerprint density at radius 3 is 2.44 bits per heavy atom. The molecule has 0 aliphatic heterocycles. The maximum Gasteiger partial charge on any atom is 0.338 e. The minimum absolute atomic E-state index is 0.192. The second-order valence-electron chi connectivity index (χ2n) is 3.57. The molecule has 1 heterocycles. The first-order chi connectivity index (χ1) is 8.72. The molecule has 5 heteroatoms. The fourth-order valence-electron chi connectivity index (χ4n) is 1.49. The third kappa shape index (κ3) is 2.45. The molecule has 5 nitrogen and oxygen atoms in total. The average Bonchev–Trinajstić information content (AvgIpc) is 2.92.